The average Bonchev–Trinajstić information content (AvgIpc) is 2.37. The van der Waals surface area contributed by atoms with E-state index in [0.29, 0.717) is 12.8 Å². The number of carbonyl (C=O) groups excluding carboxylic acids is 1. The average molecular weight is 287 g/mol. The Morgan fingerprint density at radius 2 is 1.95 bits per heavy atom. The maximum Gasteiger partial charge on any atom is 0.310 e. The molecule has 19 heavy (non-hydrogen) atoms. The van der Waals surface area contributed by atoms with E-state index in [1.165, 1.54) is 0 Å². The first-order valence-corrected chi connectivity index (χ1v) is 8.41. The fourth-order valence-corrected chi connectivity index (χ4v) is 3.28. The summed E-state index contributed by atoms with van der Waals surface area (Å²) in [7, 11) is 0. The molecule has 0 aromatic heterocycles. The van der Waals surface area contributed by atoms with Crippen LogP contribution in [0.3, 0.4) is 0 Å². The van der Waals surface area contributed by atoms with Crippen molar-refractivity contribution in [2.24, 2.45) is 5.41 Å². The second-order valence-electron chi connectivity index (χ2n) is 5.57. The first-order valence-electron chi connectivity index (χ1n) is 7.02. The number of amides is 1. The van der Waals surface area contributed by atoms with Gasteiger partial charge < -0.3 is 10.4 Å². The Labute approximate surface area is 119 Å². The van der Waals surface area contributed by atoms with E-state index in [1.807, 2.05) is 13.2 Å². The predicted molar refractivity (Wildman–Crippen MR) is 78.4 cm³/mol. The van der Waals surface area contributed by atoms with Crippen LogP contribution in [-0.2, 0) is 9.59 Å². The molecule has 1 unspecified atom stereocenters. The molecule has 0 heterocycles. The van der Waals surface area contributed by atoms with Gasteiger partial charge in [0.25, 0.3) is 0 Å². The van der Waals surface area contributed by atoms with Gasteiger partial charge in [-0.25, -0.2) is 0 Å². The van der Waals surface area contributed by atoms with E-state index in [-0.39, 0.29) is 18.4 Å². The molecule has 0 bridgehead atoms. The van der Waals surface area contributed by atoms with Crippen LogP contribution in [0, 0.1) is 5.41 Å². The van der Waals surface area contributed by atoms with Crippen LogP contribution in [0.2, 0.25) is 0 Å². The number of carboxylic acids is 1. The second kappa shape index (κ2) is 7.78. The number of rotatable bonds is 7. The molecule has 0 spiro atoms. The Balaban J connectivity index is 2.50. The van der Waals surface area contributed by atoms with E-state index < -0.39 is 11.4 Å². The van der Waals surface area contributed by atoms with Crippen LogP contribution in [0.4, 0.5) is 0 Å². The Morgan fingerprint density at radius 1 is 1.32 bits per heavy atom. The zero-order valence-electron chi connectivity index (χ0n) is 11.9. The third-order valence-electron chi connectivity index (χ3n) is 3.93. The summed E-state index contributed by atoms with van der Waals surface area (Å²) in [5.74, 6) is 0.0861. The van der Waals surface area contributed by atoms with Gasteiger partial charge in [0.1, 0.15) is 0 Å². The molecule has 1 aliphatic carbocycles. The molecule has 1 rings (SSSR count). The zero-order chi connectivity index (χ0) is 14.3. The molecule has 2 N–H and O–H groups in total. The number of aliphatic carboxylic acids is 1. The summed E-state index contributed by atoms with van der Waals surface area (Å²) in [5, 5.41) is 12.4. The van der Waals surface area contributed by atoms with Gasteiger partial charge in [0.2, 0.25) is 5.91 Å². The van der Waals surface area contributed by atoms with Gasteiger partial charge in [-0.2, -0.15) is 11.8 Å². The van der Waals surface area contributed by atoms with Crippen molar-refractivity contribution in [3.8, 4) is 0 Å². The lowest BCUT2D eigenvalue weighted by Crippen LogP contribution is -2.41. The second-order valence-corrected chi connectivity index (χ2v) is 6.56. The monoisotopic (exact) mass is 287 g/mol. The van der Waals surface area contributed by atoms with Crippen LogP contribution in [-0.4, -0.2) is 35.0 Å². The highest BCUT2D eigenvalue weighted by Gasteiger charge is 2.41. The highest BCUT2D eigenvalue weighted by atomic mass is 32.2. The van der Waals surface area contributed by atoms with Crippen molar-refractivity contribution in [2.75, 3.05) is 12.0 Å². The number of carboxylic acid groups (broad SMARTS) is 1. The van der Waals surface area contributed by atoms with Crippen molar-refractivity contribution >= 4 is 23.6 Å². The third-order valence-corrected chi connectivity index (χ3v) is 4.57. The molecule has 0 aliphatic heterocycles. The summed E-state index contributed by atoms with van der Waals surface area (Å²) in [6.07, 6.45) is 7.28. The van der Waals surface area contributed by atoms with E-state index in [0.717, 1.165) is 31.4 Å². The van der Waals surface area contributed by atoms with Gasteiger partial charge in [-0.15, -0.1) is 0 Å². The maximum atomic E-state index is 12.0. The van der Waals surface area contributed by atoms with Crippen LogP contribution in [0.15, 0.2) is 0 Å². The summed E-state index contributed by atoms with van der Waals surface area (Å²) in [4.78, 5) is 23.5. The minimum Gasteiger partial charge on any atom is -0.481 e. The molecule has 0 saturated heterocycles. The quantitative estimate of drug-likeness (QED) is 0.755. The van der Waals surface area contributed by atoms with Gasteiger partial charge in [-0.05, 0) is 38.2 Å². The first kappa shape index (κ1) is 16.3. The summed E-state index contributed by atoms with van der Waals surface area (Å²) in [6.45, 7) is 1.97. The molecule has 1 aliphatic rings. The van der Waals surface area contributed by atoms with Crippen molar-refractivity contribution in [3.63, 3.8) is 0 Å². The minimum absolute atomic E-state index is 0.113. The summed E-state index contributed by atoms with van der Waals surface area (Å²) in [6, 6.07) is 0.120. The lowest BCUT2D eigenvalue weighted by Gasteiger charge is -2.32. The Hall–Kier alpha value is -0.710. The number of carbonyl (C=O) groups is 2. The molecule has 1 saturated carbocycles. The zero-order valence-corrected chi connectivity index (χ0v) is 12.7. The molecule has 0 aromatic rings. The number of nitrogens with one attached hydrogen (secondary N) is 1. The number of hydrogen-bond donors (Lipinski definition) is 2. The van der Waals surface area contributed by atoms with Crippen molar-refractivity contribution in [3.05, 3.63) is 0 Å². The van der Waals surface area contributed by atoms with E-state index in [9.17, 15) is 14.7 Å². The van der Waals surface area contributed by atoms with Crippen molar-refractivity contribution in [1.29, 1.82) is 0 Å². The largest absolute Gasteiger partial charge is 0.481 e. The van der Waals surface area contributed by atoms with Crippen LogP contribution in [0.1, 0.15) is 51.9 Å². The summed E-state index contributed by atoms with van der Waals surface area (Å²) in [5.41, 5.74) is -0.818. The van der Waals surface area contributed by atoms with Gasteiger partial charge in [-0.3, -0.25) is 9.59 Å². The topological polar surface area (TPSA) is 66.4 Å². The SMILES string of the molecule is CSCCC(C)NC(=O)CC1(C(=O)O)CCCCC1. The summed E-state index contributed by atoms with van der Waals surface area (Å²) < 4.78 is 0. The molecule has 0 aromatic carbocycles. The van der Waals surface area contributed by atoms with Gasteiger partial charge in [-0.1, -0.05) is 19.3 Å². The van der Waals surface area contributed by atoms with Gasteiger partial charge in [0.15, 0.2) is 0 Å². The predicted octanol–water partition coefficient (Wildman–Crippen LogP) is 2.67. The standard InChI is InChI=1S/C14H25NO3S/c1-11(6-9-19-2)15-12(16)10-14(13(17)18)7-4-3-5-8-14/h11H,3-10H2,1-2H3,(H,15,16)(H,17,18). The van der Waals surface area contributed by atoms with Gasteiger partial charge in [0.05, 0.1) is 5.41 Å². The fraction of sp³-hybridized carbons (Fsp3) is 0.857. The highest BCUT2D eigenvalue weighted by Crippen LogP contribution is 2.39. The van der Waals surface area contributed by atoms with Gasteiger partial charge >= 0.3 is 5.97 Å². The van der Waals surface area contributed by atoms with Crippen LogP contribution in [0.5, 0.6) is 0 Å². The van der Waals surface area contributed by atoms with Crippen LogP contribution >= 0.6 is 11.8 Å². The Morgan fingerprint density at radius 3 is 2.47 bits per heavy atom. The fourth-order valence-electron chi connectivity index (χ4n) is 2.69. The lowest BCUT2D eigenvalue weighted by molar-refractivity contribution is -0.154. The van der Waals surface area contributed by atoms with Crippen LogP contribution in [0.25, 0.3) is 0 Å². The Kier molecular flexibility index (Phi) is 6.69. The molecule has 1 amide bonds. The molecule has 4 nitrogen and oxygen atoms in total. The first-order chi connectivity index (χ1) is 9.00. The normalized spacial score (nSPS) is 19.7. The smallest absolute Gasteiger partial charge is 0.310 e. The lowest BCUT2D eigenvalue weighted by atomic mass is 9.71. The summed E-state index contributed by atoms with van der Waals surface area (Å²) >= 11 is 1.75. The maximum absolute atomic E-state index is 12.0. The molecule has 110 valence electrons. The van der Waals surface area contributed by atoms with Crippen LogP contribution < -0.4 is 5.32 Å². The van der Waals surface area contributed by atoms with Crippen molar-refractivity contribution in [2.45, 2.75) is 57.9 Å². The molecule has 1 atom stereocenters. The molecule has 5 heteroatoms. The number of thioether (sulfide) groups is 1. The highest BCUT2D eigenvalue weighted by molar-refractivity contribution is 7.98. The molecule has 0 radical (unpaired) electrons. The Bertz CT molecular complexity index is 314. The van der Waals surface area contributed by atoms with E-state index in [2.05, 4.69) is 5.32 Å². The third kappa shape index (κ3) is 5.05. The number of hydrogen-bond acceptors (Lipinski definition) is 3. The van der Waals surface area contributed by atoms with Crippen molar-refractivity contribution < 1.29 is 14.7 Å². The molecular weight excluding hydrogens is 262 g/mol. The van der Waals surface area contributed by atoms with E-state index in [4.69, 9.17) is 0 Å². The van der Waals surface area contributed by atoms with Gasteiger partial charge in [0, 0.05) is 12.5 Å². The van der Waals surface area contributed by atoms with Crippen molar-refractivity contribution in [1.82, 2.24) is 5.32 Å². The molecular formula is C14H25NO3S. The molecule has 1 fully saturated rings. The van der Waals surface area contributed by atoms with E-state index >= 15 is 0 Å². The van der Waals surface area contributed by atoms with E-state index in [1.54, 1.807) is 11.8 Å². The minimum atomic E-state index is -0.818.